The zero-order valence-corrected chi connectivity index (χ0v) is 12.4. The quantitative estimate of drug-likeness (QED) is 0.780. The molecule has 2 atom stereocenters. The molecule has 116 valence electrons. The highest BCUT2D eigenvalue weighted by Gasteiger charge is 2.23. The summed E-state index contributed by atoms with van der Waals surface area (Å²) in [5.74, 6) is 1.29. The van der Waals surface area contributed by atoms with Crippen molar-refractivity contribution in [1.82, 2.24) is 4.90 Å². The van der Waals surface area contributed by atoms with Gasteiger partial charge in [0.05, 0.1) is 6.54 Å². The molecule has 0 unspecified atom stereocenters. The van der Waals surface area contributed by atoms with Gasteiger partial charge in [-0.25, -0.2) is 0 Å². The van der Waals surface area contributed by atoms with Gasteiger partial charge >= 0.3 is 6.61 Å². The van der Waals surface area contributed by atoms with Gasteiger partial charge in [-0.3, -0.25) is 9.69 Å². The molecule has 3 nitrogen and oxygen atoms in total. The monoisotopic (exact) mass is 297 g/mol. The lowest BCUT2D eigenvalue weighted by Gasteiger charge is -2.34. The molecule has 2 rings (SSSR count). The Kier molecular flexibility index (Phi) is 5.28. The molecule has 1 aliphatic heterocycles. The number of piperidine rings is 1. The molecule has 5 heteroatoms. The van der Waals surface area contributed by atoms with Crippen LogP contribution in [-0.4, -0.2) is 36.9 Å². The number of ketones is 1. The minimum atomic E-state index is -2.84. The summed E-state index contributed by atoms with van der Waals surface area (Å²) in [7, 11) is 0. The van der Waals surface area contributed by atoms with Gasteiger partial charge in [0, 0.05) is 18.7 Å². The van der Waals surface area contributed by atoms with Crippen LogP contribution in [0.1, 0.15) is 30.6 Å². The maximum Gasteiger partial charge on any atom is 0.387 e. The number of hydrogen-bond donors (Lipinski definition) is 0. The van der Waals surface area contributed by atoms with E-state index in [4.69, 9.17) is 0 Å². The summed E-state index contributed by atoms with van der Waals surface area (Å²) in [6.45, 7) is 3.80. The van der Waals surface area contributed by atoms with Crippen molar-refractivity contribution in [1.29, 1.82) is 0 Å². The van der Waals surface area contributed by atoms with Crippen molar-refractivity contribution < 1.29 is 18.3 Å². The number of benzene rings is 1. The molecule has 1 saturated heterocycles. The number of ether oxygens (including phenoxy) is 1. The van der Waals surface area contributed by atoms with E-state index in [0.29, 0.717) is 23.9 Å². The minimum absolute atomic E-state index is 0.0138. The molecule has 0 spiro atoms. The SMILES string of the molecule is C[C@H]1C[C@H](C)CN(CC(=O)c2ccc(OC(F)F)cc2)C1. The topological polar surface area (TPSA) is 29.5 Å². The van der Waals surface area contributed by atoms with Crippen LogP contribution in [0.4, 0.5) is 8.78 Å². The zero-order chi connectivity index (χ0) is 15.4. The zero-order valence-electron chi connectivity index (χ0n) is 12.4. The third-order valence-electron chi connectivity index (χ3n) is 3.71. The summed E-state index contributed by atoms with van der Waals surface area (Å²) >= 11 is 0. The van der Waals surface area contributed by atoms with Crippen molar-refractivity contribution in [3.05, 3.63) is 29.8 Å². The highest BCUT2D eigenvalue weighted by Crippen LogP contribution is 2.21. The Labute approximate surface area is 123 Å². The lowest BCUT2D eigenvalue weighted by Crippen LogP contribution is -2.41. The lowest BCUT2D eigenvalue weighted by atomic mass is 9.91. The van der Waals surface area contributed by atoms with E-state index >= 15 is 0 Å². The molecule has 0 N–H and O–H groups in total. The number of halogens is 2. The van der Waals surface area contributed by atoms with Crippen LogP contribution in [-0.2, 0) is 0 Å². The van der Waals surface area contributed by atoms with Crippen LogP contribution in [0.25, 0.3) is 0 Å². The predicted octanol–water partition coefficient (Wildman–Crippen LogP) is 3.45. The first-order valence-corrected chi connectivity index (χ1v) is 7.24. The summed E-state index contributed by atoms with van der Waals surface area (Å²) in [6.07, 6.45) is 1.20. The number of carbonyl (C=O) groups excluding carboxylic acids is 1. The lowest BCUT2D eigenvalue weighted by molar-refractivity contribution is -0.0498. The first-order chi connectivity index (χ1) is 9.94. The first kappa shape index (κ1) is 15.9. The second kappa shape index (κ2) is 6.98. The highest BCUT2D eigenvalue weighted by molar-refractivity contribution is 5.97. The Morgan fingerprint density at radius 1 is 1.24 bits per heavy atom. The number of rotatable bonds is 5. The maximum absolute atomic E-state index is 12.2. The largest absolute Gasteiger partial charge is 0.435 e. The second-order valence-electron chi connectivity index (χ2n) is 5.97. The number of Topliss-reactive ketones (excluding diaryl/α,β-unsaturated/α-hetero) is 1. The average molecular weight is 297 g/mol. The van der Waals surface area contributed by atoms with Crippen LogP contribution >= 0.6 is 0 Å². The normalized spacial score (nSPS) is 23.3. The maximum atomic E-state index is 12.2. The molecular formula is C16H21F2NO2. The third kappa shape index (κ3) is 4.77. The Morgan fingerprint density at radius 3 is 2.33 bits per heavy atom. The summed E-state index contributed by atoms with van der Waals surface area (Å²) in [6, 6.07) is 5.88. The molecule has 1 aliphatic rings. The summed E-state index contributed by atoms with van der Waals surface area (Å²) < 4.78 is 28.4. The third-order valence-corrected chi connectivity index (χ3v) is 3.71. The van der Waals surface area contributed by atoms with Crippen LogP contribution in [0.2, 0.25) is 0 Å². The smallest absolute Gasteiger partial charge is 0.387 e. The molecule has 0 amide bonds. The Bertz CT molecular complexity index is 466. The Hall–Kier alpha value is -1.49. The van der Waals surface area contributed by atoms with E-state index in [1.54, 1.807) is 0 Å². The predicted molar refractivity (Wildman–Crippen MR) is 76.8 cm³/mol. The summed E-state index contributed by atoms with van der Waals surface area (Å²) in [4.78, 5) is 14.4. The molecule has 0 bridgehead atoms. The van der Waals surface area contributed by atoms with Crippen LogP contribution in [0.3, 0.4) is 0 Å². The van der Waals surface area contributed by atoms with Gasteiger partial charge in [0.25, 0.3) is 0 Å². The molecule has 0 aromatic heterocycles. The molecular weight excluding hydrogens is 276 g/mol. The molecule has 1 aromatic carbocycles. The van der Waals surface area contributed by atoms with Crippen molar-refractivity contribution in [2.75, 3.05) is 19.6 Å². The van der Waals surface area contributed by atoms with Gasteiger partial charge in [0.15, 0.2) is 5.78 Å². The average Bonchev–Trinajstić information content (AvgIpc) is 2.37. The second-order valence-corrected chi connectivity index (χ2v) is 5.97. The molecule has 1 fully saturated rings. The molecule has 0 saturated carbocycles. The number of alkyl halides is 2. The number of hydrogen-bond acceptors (Lipinski definition) is 3. The van der Waals surface area contributed by atoms with E-state index in [-0.39, 0.29) is 11.5 Å². The number of carbonyl (C=O) groups is 1. The highest BCUT2D eigenvalue weighted by atomic mass is 19.3. The molecule has 0 radical (unpaired) electrons. The van der Waals surface area contributed by atoms with E-state index in [2.05, 4.69) is 23.5 Å². The fourth-order valence-corrected chi connectivity index (χ4v) is 3.04. The molecule has 21 heavy (non-hydrogen) atoms. The van der Waals surface area contributed by atoms with Gasteiger partial charge < -0.3 is 4.74 Å². The molecule has 1 heterocycles. The van der Waals surface area contributed by atoms with Crippen molar-refractivity contribution in [3.8, 4) is 5.75 Å². The van der Waals surface area contributed by atoms with Crippen LogP contribution in [0.5, 0.6) is 5.75 Å². The fourth-order valence-electron chi connectivity index (χ4n) is 3.04. The number of nitrogens with zero attached hydrogens (tertiary/aromatic N) is 1. The van der Waals surface area contributed by atoms with Crippen LogP contribution in [0, 0.1) is 11.8 Å². The van der Waals surface area contributed by atoms with E-state index in [0.717, 1.165) is 13.1 Å². The van der Waals surface area contributed by atoms with Crippen molar-refractivity contribution in [2.45, 2.75) is 26.9 Å². The van der Waals surface area contributed by atoms with Crippen molar-refractivity contribution in [2.24, 2.45) is 11.8 Å². The standard InChI is InChI=1S/C16H21F2NO2/c1-11-7-12(2)9-19(8-11)10-15(20)13-3-5-14(6-4-13)21-16(17)18/h3-6,11-12,16H,7-10H2,1-2H3/t11-,12-/m0/s1. The first-order valence-electron chi connectivity index (χ1n) is 7.24. The van der Waals surface area contributed by atoms with Crippen molar-refractivity contribution in [3.63, 3.8) is 0 Å². The van der Waals surface area contributed by atoms with Crippen LogP contribution in [0.15, 0.2) is 24.3 Å². The van der Waals surface area contributed by atoms with Gasteiger partial charge in [0.1, 0.15) is 5.75 Å². The van der Waals surface area contributed by atoms with Crippen LogP contribution < -0.4 is 4.74 Å². The van der Waals surface area contributed by atoms with Gasteiger partial charge in [-0.05, 0) is 42.5 Å². The van der Waals surface area contributed by atoms with Gasteiger partial charge in [-0.1, -0.05) is 13.8 Å². The van der Waals surface area contributed by atoms with Gasteiger partial charge in [-0.2, -0.15) is 8.78 Å². The van der Waals surface area contributed by atoms with Gasteiger partial charge in [-0.15, -0.1) is 0 Å². The fraction of sp³-hybridized carbons (Fsp3) is 0.562. The van der Waals surface area contributed by atoms with Crippen molar-refractivity contribution >= 4 is 5.78 Å². The van der Waals surface area contributed by atoms with Gasteiger partial charge in [0.2, 0.25) is 0 Å². The molecule has 1 aromatic rings. The Morgan fingerprint density at radius 2 is 1.81 bits per heavy atom. The van der Waals surface area contributed by atoms with E-state index in [9.17, 15) is 13.6 Å². The minimum Gasteiger partial charge on any atom is -0.435 e. The van der Waals surface area contributed by atoms with E-state index < -0.39 is 6.61 Å². The summed E-state index contributed by atoms with van der Waals surface area (Å²) in [5.41, 5.74) is 0.530. The molecule has 0 aliphatic carbocycles. The van der Waals surface area contributed by atoms with E-state index in [1.807, 2.05) is 0 Å². The Balaban J connectivity index is 1.93. The van der Waals surface area contributed by atoms with E-state index in [1.165, 1.54) is 30.7 Å². The summed E-state index contributed by atoms with van der Waals surface area (Å²) in [5, 5.41) is 0. The number of likely N-dealkylation sites (tertiary alicyclic amines) is 1.